The lowest BCUT2D eigenvalue weighted by Crippen LogP contribution is -2.52. The van der Waals surface area contributed by atoms with Crippen molar-refractivity contribution in [2.75, 3.05) is 50.8 Å². The SMILES string of the molecule is CCOc1ccc(S(=O)(=O)N2CCC(C(=O)N3CCN(c4ccccc4O)CC3)CC2)cc1. The van der Waals surface area contributed by atoms with E-state index in [0.29, 0.717) is 64.5 Å². The lowest BCUT2D eigenvalue weighted by Gasteiger charge is -2.39. The molecule has 0 radical (unpaired) electrons. The molecule has 0 bridgehead atoms. The van der Waals surface area contributed by atoms with Crippen LogP contribution in [0.5, 0.6) is 11.5 Å². The number of rotatable bonds is 6. The number of aromatic hydroxyl groups is 1. The number of amides is 1. The van der Waals surface area contributed by atoms with Crippen molar-refractivity contribution in [2.45, 2.75) is 24.7 Å². The largest absolute Gasteiger partial charge is 0.506 e. The number of carbonyl (C=O) groups excluding carboxylic acids is 1. The van der Waals surface area contributed by atoms with E-state index in [9.17, 15) is 18.3 Å². The number of hydrogen-bond acceptors (Lipinski definition) is 6. The molecule has 4 rings (SSSR count). The predicted molar refractivity (Wildman–Crippen MR) is 126 cm³/mol. The second-order valence-electron chi connectivity index (χ2n) is 8.38. The van der Waals surface area contributed by atoms with Gasteiger partial charge in [-0.05, 0) is 56.2 Å². The molecule has 9 heteroatoms. The molecule has 0 atom stereocenters. The summed E-state index contributed by atoms with van der Waals surface area (Å²) in [5.41, 5.74) is 0.789. The van der Waals surface area contributed by atoms with Gasteiger partial charge in [0.2, 0.25) is 15.9 Å². The van der Waals surface area contributed by atoms with Crippen LogP contribution in [0.25, 0.3) is 0 Å². The molecule has 0 saturated carbocycles. The van der Waals surface area contributed by atoms with Crippen molar-refractivity contribution in [3.8, 4) is 11.5 Å². The van der Waals surface area contributed by atoms with Crippen molar-refractivity contribution >= 4 is 21.6 Å². The third-order valence-corrected chi connectivity index (χ3v) is 8.30. The normalized spacial score (nSPS) is 18.3. The van der Waals surface area contributed by atoms with Crippen molar-refractivity contribution < 1.29 is 23.1 Å². The molecule has 0 aliphatic carbocycles. The van der Waals surface area contributed by atoms with Crippen LogP contribution in [0, 0.1) is 5.92 Å². The molecule has 2 aromatic carbocycles. The third-order valence-electron chi connectivity index (χ3n) is 6.39. The van der Waals surface area contributed by atoms with E-state index >= 15 is 0 Å². The average molecular weight is 474 g/mol. The molecule has 2 saturated heterocycles. The van der Waals surface area contributed by atoms with Crippen molar-refractivity contribution in [1.82, 2.24) is 9.21 Å². The van der Waals surface area contributed by atoms with Crippen molar-refractivity contribution in [2.24, 2.45) is 5.92 Å². The summed E-state index contributed by atoms with van der Waals surface area (Å²) in [5.74, 6) is 0.834. The molecule has 2 aliphatic rings. The number of phenols is 1. The number of nitrogens with zero attached hydrogens (tertiary/aromatic N) is 3. The van der Waals surface area contributed by atoms with Gasteiger partial charge in [-0.1, -0.05) is 12.1 Å². The summed E-state index contributed by atoms with van der Waals surface area (Å²) in [7, 11) is -3.59. The summed E-state index contributed by atoms with van der Waals surface area (Å²) in [4.78, 5) is 17.3. The van der Waals surface area contributed by atoms with Crippen LogP contribution in [-0.2, 0) is 14.8 Å². The fourth-order valence-corrected chi connectivity index (χ4v) is 5.99. The summed E-state index contributed by atoms with van der Waals surface area (Å²) in [5, 5.41) is 10.1. The zero-order chi connectivity index (χ0) is 23.4. The second kappa shape index (κ2) is 10.0. The maximum atomic E-state index is 13.1. The van der Waals surface area contributed by atoms with Crippen LogP contribution in [-0.4, -0.2) is 74.5 Å². The Balaban J connectivity index is 1.30. The Morgan fingerprint density at radius 3 is 2.21 bits per heavy atom. The molecule has 2 heterocycles. The summed E-state index contributed by atoms with van der Waals surface area (Å²) in [6.45, 7) is 5.59. The number of carbonyl (C=O) groups is 1. The minimum atomic E-state index is -3.59. The van der Waals surface area contributed by atoms with Crippen molar-refractivity contribution in [1.29, 1.82) is 0 Å². The third kappa shape index (κ3) is 5.09. The van der Waals surface area contributed by atoms with Crippen LogP contribution in [0.1, 0.15) is 19.8 Å². The first-order valence-electron chi connectivity index (χ1n) is 11.4. The summed E-state index contributed by atoms with van der Waals surface area (Å²) >= 11 is 0. The van der Waals surface area contributed by atoms with Crippen LogP contribution in [0.2, 0.25) is 0 Å². The fourth-order valence-electron chi connectivity index (χ4n) is 4.52. The number of piperidine rings is 1. The van der Waals surface area contributed by atoms with Gasteiger partial charge in [-0.3, -0.25) is 4.79 Å². The van der Waals surface area contributed by atoms with Gasteiger partial charge in [0.15, 0.2) is 0 Å². The van der Waals surface area contributed by atoms with Gasteiger partial charge in [0.1, 0.15) is 11.5 Å². The summed E-state index contributed by atoms with van der Waals surface area (Å²) in [6, 6.07) is 13.7. The van der Waals surface area contributed by atoms with Gasteiger partial charge in [-0.25, -0.2) is 8.42 Å². The number of anilines is 1. The van der Waals surface area contributed by atoms with Gasteiger partial charge in [0.25, 0.3) is 0 Å². The molecule has 178 valence electrons. The first-order chi connectivity index (χ1) is 15.9. The van der Waals surface area contributed by atoms with Gasteiger partial charge in [0.05, 0.1) is 17.2 Å². The van der Waals surface area contributed by atoms with Gasteiger partial charge < -0.3 is 19.6 Å². The summed E-state index contributed by atoms with van der Waals surface area (Å²) in [6.07, 6.45) is 1.05. The van der Waals surface area contributed by atoms with E-state index in [-0.39, 0.29) is 22.5 Å². The first-order valence-corrected chi connectivity index (χ1v) is 12.9. The standard InChI is InChI=1S/C24H31N3O5S/c1-2-32-20-7-9-21(10-8-20)33(30,31)27-13-11-19(12-14-27)24(29)26-17-15-25(16-18-26)22-5-3-4-6-23(22)28/h3-10,19,28H,2,11-18H2,1H3. The highest BCUT2D eigenvalue weighted by Gasteiger charge is 2.34. The van der Waals surface area contributed by atoms with E-state index in [1.165, 1.54) is 4.31 Å². The Morgan fingerprint density at radius 1 is 0.970 bits per heavy atom. The smallest absolute Gasteiger partial charge is 0.243 e. The fraction of sp³-hybridized carbons (Fsp3) is 0.458. The number of piperazine rings is 1. The molecule has 1 amide bonds. The first kappa shape index (κ1) is 23.4. The van der Waals surface area contributed by atoms with E-state index in [0.717, 1.165) is 5.69 Å². The molecule has 2 aromatic rings. The van der Waals surface area contributed by atoms with Gasteiger partial charge >= 0.3 is 0 Å². The van der Waals surface area contributed by atoms with Crippen LogP contribution in [0.3, 0.4) is 0 Å². The van der Waals surface area contributed by atoms with E-state index in [2.05, 4.69) is 4.90 Å². The minimum absolute atomic E-state index is 0.102. The number of sulfonamides is 1. The molecule has 33 heavy (non-hydrogen) atoms. The zero-order valence-electron chi connectivity index (χ0n) is 18.9. The number of benzene rings is 2. The molecule has 0 spiro atoms. The van der Waals surface area contributed by atoms with Crippen LogP contribution in [0.4, 0.5) is 5.69 Å². The average Bonchev–Trinajstić information content (AvgIpc) is 2.85. The Kier molecular flexibility index (Phi) is 7.09. The Hall–Kier alpha value is -2.78. The Bertz CT molecular complexity index is 1060. The quantitative estimate of drug-likeness (QED) is 0.694. The van der Waals surface area contributed by atoms with Gasteiger partial charge in [-0.2, -0.15) is 4.31 Å². The number of ether oxygens (including phenoxy) is 1. The minimum Gasteiger partial charge on any atom is -0.506 e. The maximum absolute atomic E-state index is 13.1. The summed E-state index contributed by atoms with van der Waals surface area (Å²) < 4.78 is 32.9. The van der Waals surface area contributed by atoms with E-state index < -0.39 is 10.0 Å². The second-order valence-corrected chi connectivity index (χ2v) is 10.3. The van der Waals surface area contributed by atoms with Gasteiger partial charge in [-0.15, -0.1) is 0 Å². The predicted octanol–water partition coefficient (Wildman–Crippen LogP) is 2.54. The Morgan fingerprint density at radius 2 is 1.61 bits per heavy atom. The number of para-hydroxylation sites is 2. The monoisotopic (exact) mass is 473 g/mol. The van der Waals surface area contributed by atoms with Crippen LogP contribution in [0.15, 0.2) is 53.4 Å². The van der Waals surface area contributed by atoms with E-state index in [4.69, 9.17) is 4.74 Å². The molecule has 2 fully saturated rings. The number of phenolic OH excluding ortho intramolecular Hbond substituents is 1. The van der Waals surface area contributed by atoms with E-state index in [1.807, 2.05) is 24.0 Å². The topological polar surface area (TPSA) is 90.4 Å². The highest BCUT2D eigenvalue weighted by Crippen LogP contribution is 2.29. The molecule has 0 aromatic heterocycles. The molecule has 1 N–H and O–H groups in total. The number of hydrogen-bond donors (Lipinski definition) is 1. The molecule has 2 aliphatic heterocycles. The lowest BCUT2D eigenvalue weighted by atomic mass is 9.96. The highest BCUT2D eigenvalue weighted by molar-refractivity contribution is 7.89. The molecular formula is C24H31N3O5S. The zero-order valence-corrected chi connectivity index (χ0v) is 19.7. The van der Waals surface area contributed by atoms with Crippen LogP contribution >= 0.6 is 0 Å². The van der Waals surface area contributed by atoms with Crippen molar-refractivity contribution in [3.05, 3.63) is 48.5 Å². The van der Waals surface area contributed by atoms with E-state index in [1.54, 1.807) is 36.4 Å². The van der Waals surface area contributed by atoms with Crippen molar-refractivity contribution in [3.63, 3.8) is 0 Å². The Labute approximate surface area is 195 Å². The lowest BCUT2D eigenvalue weighted by molar-refractivity contribution is -0.137. The molecule has 8 nitrogen and oxygen atoms in total. The highest BCUT2D eigenvalue weighted by atomic mass is 32.2. The molecule has 0 unspecified atom stereocenters. The molecular weight excluding hydrogens is 442 g/mol. The van der Waals surface area contributed by atoms with Gasteiger partial charge in [0, 0.05) is 45.2 Å². The maximum Gasteiger partial charge on any atom is 0.243 e. The van der Waals surface area contributed by atoms with Crippen LogP contribution < -0.4 is 9.64 Å².